The molecule has 0 bridgehead atoms. The number of ether oxygens (including phenoxy) is 2. The number of halogens is 3. The van der Waals surface area contributed by atoms with Crippen LogP contribution < -0.4 is 4.74 Å². The molecule has 0 aromatic heterocycles. The van der Waals surface area contributed by atoms with Crippen LogP contribution in [0.3, 0.4) is 0 Å². The Kier molecular flexibility index (Phi) is 8.68. The van der Waals surface area contributed by atoms with Gasteiger partial charge in [0.1, 0.15) is 5.75 Å². The van der Waals surface area contributed by atoms with Crippen LogP contribution in [0.4, 0.5) is 13.2 Å². The first-order valence-corrected chi connectivity index (χ1v) is 9.48. The molecule has 1 N–H and O–H groups in total. The third-order valence-corrected chi connectivity index (χ3v) is 4.98. The fraction of sp³-hybridized carbons (Fsp3) is 0.409. The van der Waals surface area contributed by atoms with Gasteiger partial charge in [0.15, 0.2) is 0 Å². The molecular formula is C22H26F3NO4. The van der Waals surface area contributed by atoms with E-state index in [1.165, 1.54) is 11.1 Å². The summed E-state index contributed by atoms with van der Waals surface area (Å²) in [6.45, 7) is 2.05. The second kappa shape index (κ2) is 11.0. The largest absolute Gasteiger partial charge is 0.497 e. The van der Waals surface area contributed by atoms with Crippen molar-refractivity contribution in [2.24, 2.45) is 0 Å². The van der Waals surface area contributed by atoms with E-state index in [0.29, 0.717) is 12.1 Å². The lowest BCUT2D eigenvalue weighted by molar-refractivity contribution is -0.192. The van der Waals surface area contributed by atoms with E-state index >= 15 is 0 Å². The highest BCUT2D eigenvalue weighted by molar-refractivity contribution is 5.73. The molecule has 0 aliphatic carbocycles. The third-order valence-electron chi connectivity index (χ3n) is 4.98. The number of nitrogens with zero attached hydrogens (tertiary/aromatic N) is 1. The summed E-state index contributed by atoms with van der Waals surface area (Å²) in [6, 6.07) is 19.5. The number of benzene rings is 2. The van der Waals surface area contributed by atoms with Crippen LogP contribution >= 0.6 is 0 Å². The number of hydrogen-bond donors (Lipinski definition) is 1. The van der Waals surface area contributed by atoms with Gasteiger partial charge in [-0.3, -0.25) is 4.90 Å². The molecule has 2 aromatic rings. The zero-order valence-corrected chi connectivity index (χ0v) is 16.9. The Morgan fingerprint density at radius 2 is 1.67 bits per heavy atom. The van der Waals surface area contributed by atoms with Crippen molar-refractivity contribution in [1.29, 1.82) is 0 Å². The molecule has 3 rings (SSSR count). The summed E-state index contributed by atoms with van der Waals surface area (Å²) in [5.74, 6) is -1.85. The number of carboxylic acid groups (broad SMARTS) is 1. The quantitative estimate of drug-likeness (QED) is 0.753. The van der Waals surface area contributed by atoms with Crippen LogP contribution in [-0.2, 0) is 22.5 Å². The molecule has 0 radical (unpaired) electrons. The van der Waals surface area contributed by atoms with Gasteiger partial charge in [-0.1, -0.05) is 42.5 Å². The van der Waals surface area contributed by atoms with Gasteiger partial charge in [0.2, 0.25) is 0 Å². The fourth-order valence-corrected chi connectivity index (χ4v) is 3.44. The van der Waals surface area contributed by atoms with Crippen LogP contribution in [0.2, 0.25) is 0 Å². The predicted octanol–water partition coefficient (Wildman–Crippen LogP) is 4.16. The van der Waals surface area contributed by atoms with Gasteiger partial charge < -0.3 is 14.6 Å². The van der Waals surface area contributed by atoms with Crippen molar-refractivity contribution in [3.05, 3.63) is 65.7 Å². The number of rotatable bonds is 6. The van der Waals surface area contributed by atoms with Crippen molar-refractivity contribution in [3.63, 3.8) is 0 Å². The Hall–Kier alpha value is -2.58. The molecule has 1 saturated heterocycles. The van der Waals surface area contributed by atoms with Crippen molar-refractivity contribution < 1.29 is 32.5 Å². The first kappa shape index (κ1) is 23.7. The highest BCUT2D eigenvalue weighted by atomic mass is 19.4. The lowest BCUT2D eigenvalue weighted by atomic mass is 10.0. The summed E-state index contributed by atoms with van der Waals surface area (Å²) in [7, 11) is 3.54. The van der Waals surface area contributed by atoms with Crippen LogP contribution in [-0.4, -0.2) is 55.1 Å². The molecule has 0 unspecified atom stereocenters. The molecule has 164 valence electrons. The first-order valence-electron chi connectivity index (χ1n) is 9.48. The number of alkyl halides is 3. The van der Waals surface area contributed by atoms with Crippen LogP contribution in [0, 0.1) is 0 Å². The molecule has 1 heterocycles. The molecule has 1 aliphatic heterocycles. The summed E-state index contributed by atoms with van der Waals surface area (Å²) in [6.07, 6.45) is -2.63. The molecule has 0 saturated carbocycles. The van der Waals surface area contributed by atoms with Gasteiger partial charge in [0.05, 0.1) is 13.2 Å². The molecule has 2 aromatic carbocycles. The SMILES string of the molecule is COc1ccc(CN2CC[C@@H](OC)[C@@H]2Cc2ccccc2)cc1.O=C(O)C(F)(F)F. The van der Waals surface area contributed by atoms with Crippen LogP contribution in [0.1, 0.15) is 17.5 Å². The Labute approximate surface area is 174 Å². The highest BCUT2D eigenvalue weighted by Gasteiger charge is 2.38. The van der Waals surface area contributed by atoms with Crippen molar-refractivity contribution in [3.8, 4) is 5.75 Å². The summed E-state index contributed by atoms with van der Waals surface area (Å²) < 4.78 is 42.7. The lowest BCUT2D eigenvalue weighted by Gasteiger charge is -2.28. The summed E-state index contributed by atoms with van der Waals surface area (Å²) in [4.78, 5) is 11.4. The van der Waals surface area contributed by atoms with E-state index in [9.17, 15) is 13.2 Å². The van der Waals surface area contributed by atoms with E-state index in [2.05, 4.69) is 47.4 Å². The highest BCUT2D eigenvalue weighted by Crippen LogP contribution is 2.26. The monoisotopic (exact) mass is 425 g/mol. The van der Waals surface area contributed by atoms with Gasteiger partial charge in [-0.25, -0.2) is 4.79 Å². The summed E-state index contributed by atoms with van der Waals surface area (Å²) in [5.41, 5.74) is 2.70. The average molecular weight is 425 g/mol. The maximum atomic E-state index is 10.6. The normalized spacial score (nSPS) is 19.1. The predicted molar refractivity (Wildman–Crippen MR) is 106 cm³/mol. The second-order valence-corrected chi connectivity index (χ2v) is 6.94. The smallest absolute Gasteiger partial charge is 0.490 e. The molecule has 1 fully saturated rings. The summed E-state index contributed by atoms with van der Waals surface area (Å²) in [5, 5.41) is 7.12. The Balaban J connectivity index is 0.000000396. The number of hydrogen-bond acceptors (Lipinski definition) is 4. The zero-order chi connectivity index (χ0) is 22.1. The Bertz CT molecular complexity index is 781. The van der Waals surface area contributed by atoms with Gasteiger partial charge in [-0.2, -0.15) is 13.2 Å². The number of methoxy groups -OCH3 is 2. The molecule has 0 spiro atoms. The van der Waals surface area contributed by atoms with Gasteiger partial charge in [0, 0.05) is 26.2 Å². The molecule has 0 amide bonds. The molecule has 1 aliphatic rings. The van der Waals surface area contributed by atoms with Crippen molar-refractivity contribution in [2.75, 3.05) is 20.8 Å². The molecule has 5 nitrogen and oxygen atoms in total. The topological polar surface area (TPSA) is 59.0 Å². The van der Waals surface area contributed by atoms with Crippen LogP contribution in [0.5, 0.6) is 5.75 Å². The van der Waals surface area contributed by atoms with E-state index in [0.717, 1.165) is 31.7 Å². The maximum Gasteiger partial charge on any atom is 0.490 e. The fourth-order valence-electron chi connectivity index (χ4n) is 3.44. The first-order chi connectivity index (χ1) is 14.2. The minimum Gasteiger partial charge on any atom is -0.497 e. The van der Waals surface area contributed by atoms with Gasteiger partial charge in [-0.15, -0.1) is 0 Å². The minimum atomic E-state index is -5.08. The molecule has 2 atom stereocenters. The number of aliphatic carboxylic acids is 1. The van der Waals surface area contributed by atoms with Crippen LogP contribution in [0.25, 0.3) is 0 Å². The van der Waals surface area contributed by atoms with Gasteiger partial charge >= 0.3 is 12.1 Å². The average Bonchev–Trinajstić information content (AvgIpc) is 3.10. The molecule has 30 heavy (non-hydrogen) atoms. The van der Waals surface area contributed by atoms with Gasteiger partial charge in [-0.05, 0) is 36.1 Å². The van der Waals surface area contributed by atoms with Crippen molar-refractivity contribution >= 4 is 5.97 Å². The number of carboxylic acids is 1. The van der Waals surface area contributed by atoms with E-state index in [1.807, 2.05) is 19.2 Å². The number of likely N-dealkylation sites (tertiary alicyclic amines) is 1. The lowest BCUT2D eigenvalue weighted by Crippen LogP contribution is -2.37. The maximum absolute atomic E-state index is 10.6. The van der Waals surface area contributed by atoms with Crippen LogP contribution in [0.15, 0.2) is 54.6 Å². The minimum absolute atomic E-state index is 0.313. The van der Waals surface area contributed by atoms with Gasteiger partial charge in [0.25, 0.3) is 0 Å². The zero-order valence-electron chi connectivity index (χ0n) is 16.9. The summed E-state index contributed by atoms with van der Waals surface area (Å²) >= 11 is 0. The standard InChI is InChI=1S/C20H25NO2.C2HF3O2/c1-22-18-10-8-17(9-11-18)15-21-13-12-20(23-2)19(21)14-16-6-4-3-5-7-16;3-2(4,5)1(6)7/h3-11,19-20H,12-15H2,1-2H3;(H,6,7)/t19-,20+;/m0./s1. The molecule has 8 heteroatoms. The third kappa shape index (κ3) is 7.03. The van der Waals surface area contributed by atoms with E-state index in [4.69, 9.17) is 19.4 Å². The number of carbonyl (C=O) groups is 1. The van der Waals surface area contributed by atoms with E-state index in [-0.39, 0.29) is 0 Å². The van der Waals surface area contributed by atoms with E-state index < -0.39 is 12.1 Å². The second-order valence-electron chi connectivity index (χ2n) is 6.94. The Morgan fingerprint density at radius 1 is 1.07 bits per heavy atom. The Morgan fingerprint density at radius 3 is 2.17 bits per heavy atom. The molecular weight excluding hydrogens is 399 g/mol. The van der Waals surface area contributed by atoms with Crippen molar-refractivity contribution in [2.45, 2.75) is 37.7 Å². The van der Waals surface area contributed by atoms with Crippen molar-refractivity contribution in [1.82, 2.24) is 4.90 Å². The van der Waals surface area contributed by atoms with E-state index in [1.54, 1.807) is 7.11 Å².